The monoisotopic (exact) mass is 288 g/mol. The zero-order chi connectivity index (χ0) is 14.5. The Hall–Kier alpha value is -0.900. The normalized spacial score (nSPS) is 19.9. The van der Waals surface area contributed by atoms with E-state index in [1.165, 1.54) is 31.2 Å². The van der Waals surface area contributed by atoms with Crippen LogP contribution >= 0.6 is 0 Å². The lowest BCUT2D eigenvalue weighted by Gasteiger charge is -2.29. The van der Waals surface area contributed by atoms with Crippen LogP contribution < -0.4 is 5.32 Å². The van der Waals surface area contributed by atoms with Gasteiger partial charge in [-0.3, -0.25) is 4.90 Å². The number of likely N-dealkylation sites (N-methyl/N-ethyl adjacent to an activating group) is 1. The molecule has 0 spiro atoms. The van der Waals surface area contributed by atoms with E-state index in [0.717, 1.165) is 38.3 Å². The summed E-state index contributed by atoms with van der Waals surface area (Å²) in [5, 5.41) is 3.67. The van der Waals surface area contributed by atoms with Crippen LogP contribution in [0.25, 0.3) is 0 Å². The smallest absolute Gasteiger partial charge is 0.0593 e. The van der Waals surface area contributed by atoms with Gasteiger partial charge in [0, 0.05) is 31.8 Å². The SMILES string of the molecule is CN(CCOCC1CC1)C(CNC1CC1)c1ccccc1. The minimum Gasteiger partial charge on any atom is -0.380 e. The Labute approximate surface area is 128 Å². The Kier molecular flexibility index (Phi) is 5.28. The van der Waals surface area contributed by atoms with Gasteiger partial charge < -0.3 is 10.1 Å². The number of rotatable bonds is 10. The van der Waals surface area contributed by atoms with E-state index in [1.807, 2.05) is 0 Å². The number of hydrogen-bond acceptors (Lipinski definition) is 3. The molecule has 1 N–H and O–H groups in total. The van der Waals surface area contributed by atoms with Crippen molar-refractivity contribution in [2.75, 3.05) is 33.4 Å². The summed E-state index contributed by atoms with van der Waals surface area (Å²) in [7, 11) is 2.22. The summed E-state index contributed by atoms with van der Waals surface area (Å²) in [6, 6.07) is 12.0. The second-order valence-electron chi connectivity index (χ2n) is 6.61. The van der Waals surface area contributed by atoms with Gasteiger partial charge >= 0.3 is 0 Å². The molecular formula is C18H28N2O. The van der Waals surface area contributed by atoms with E-state index >= 15 is 0 Å². The molecule has 2 aliphatic carbocycles. The molecule has 1 aromatic rings. The first kappa shape index (κ1) is 15.0. The molecule has 3 nitrogen and oxygen atoms in total. The van der Waals surface area contributed by atoms with Gasteiger partial charge in [-0.1, -0.05) is 30.3 Å². The van der Waals surface area contributed by atoms with Crippen LogP contribution in [0.2, 0.25) is 0 Å². The Morgan fingerprint density at radius 2 is 1.95 bits per heavy atom. The largest absolute Gasteiger partial charge is 0.380 e. The fourth-order valence-corrected chi connectivity index (χ4v) is 2.67. The number of benzene rings is 1. The molecule has 2 fully saturated rings. The number of nitrogens with zero attached hydrogens (tertiary/aromatic N) is 1. The summed E-state index contributed by atoms with van der Waals surface area (Å²) in [6.45, 7) is 3.84. The molecule has 2 aliphatic rings. The third-order valence-electron chi connectivity index (χ3n) is 4.53. The third-order valence-corrected chi connectivity index (χ3v) is 4.53. The topological polar surface area (TPSA) is 24.5 Å². The lowest BCUT2D eigenvalue weighted by molar-refractivity contribution is 0.0908. The van der Waals surface area contributed by atoms with Crippen LogP contribution in [0.4, 0.5) is 0 Å². The van der Waals surface area contributed by atoms with Crippen LogP contribution in [0.3, 0.4) is 0 Å². The first-order valence-electron chi connectivity index (χ1n) is 8.39. The first-order valence-corrected chi connectivity index (χ1v) is 8.39. The third kappa shape index (κ3) is 5.10. The van der Waals surface area contributed by atoms with Crippen molar-refractivity contribution < 1.29 is 4.74 Å². The molecule has 1 unspecified atom stereocenters. The molecular weight excluding hydrogens is 260 g/mol. The number of hydrogen-bond donors (Lipinski definition) is 1. The molecule has 0 bridgehead atoms. The van der Waals surface area contributed by atoms with Gasteiger partial charge in [-0.25, -0.2) is 0 Å². The van der Waals surface area contributed by atoms with E-state index < -0.39 is 0 Å². The zero-order valence-electron chi connectivity index (χ0n) is 13.1. The highest BCUT2D eigenvalue weighted by Crippen LogP contribution is 2.28. The van der Waals surface area contributed by atoms with Crippen molar-refractivity contribution in [3.63, 3.8) is 0 Å². The number of ether oxygens (including phenoxy) is 1. The Morgan fingerprint density at radius 1 is 1.19 bits per heavy atom. The summed E-state index contributed by atoms with van der Waals surface area (Å²) in [4.78, 5) is 2.43. The molecule has 0 amide bonds. The molecule has 0 aliphatic heterocycles. The van der Waals surface area contributed by atoms with Gasteiger partial charge in [0.2, 0.25) is 0 Å². The van der Waals surface area contributed by atoms with Gasteiger partial charge in [0.15, 0.2) is 0 Å². The van der Waals surface area contributed by atoms with Gasteiger partial charge in [-0.2, -0.15) is 0 Å². The standard InChI is InChI=1S/C18H28N2O/c1-20(11-12-21-14-15-7-8-15)18(13-19-17-9-10-17)16-5-3-2-4-6-16/h2-6,15,17-19H,7-14H2,1H3. The predicted octanol–water partition coefficient (Wildman–Crippen LogP) is 2.84. The molecule has 2 saturated carbocycles. The quantitative estimate of drug-likeness (QED) is 0.670. The average Bonchev–Trinajstić information content (AvgIpc) is 3.39. The van der Waals surface area contributed by atoms with Crippen molar-refractivity contribution in [1.29, 1.82) is 0 Å². The van der Waals surface area contributed by atoms with Gasteiger partial charge in [0.05, 0.1) is 6.61 Å². The predicted molar refractivity (Wildman–Crippen MR) is 86.4 cm³/mol. The van der Waals surface area contributed by atoms with Crippen molar-refractivity contribution in [3.05, 3.63) is 35.9 Å². The maximum atomic E-state index is 5.79. The summed E-state index contributed by atoms with van der Waals surface area (Å²) in [6.07, 6.45) is 5.42. The summed E-state index contributed by atoms with van der Waals surface area (Å²) >= 11 is 0. The maximum Gasteiger partial charge on any atom is 0.0593 e. The van der Waals surface area contributed by atoms with Crippen LogP contribution in [-0.2, 0) is 4.74 Å². The number of nitrogens with one attached hydrogen (secondary N) is 1. The van der Waals surface area contributed by atoms with Crippen molar-refractivity contribution in [2.45, 2.75) is 37.8 Å². The molecule has 3 heteroatoms. The van der Waals surface area contributed by atoms with Crippen LogP contribution in [0, 0.1) is 5.92 Å². The summed E-state index contributed by atoms with van der Waals surface area (Å²) < 4.78 is 5.79. The van der Waals surface area contributed by atoms with Crippen molar-refractivity contribution in [1.82, 2.24) is 10.2 Å². The average molecular weight is 288 g/mol. The minimum absolute atomic E-state index is 0.441. The van der Waals surface area contributed by atoms with Gasteiger partial charge in [0.1, 0.15) is 0 Å². The summed E-state index contributed by atoms with van der Waals surface area (Å²) in [5.41, 5.74) is 1.40. The van der Waals surface area contributed by atoms with Crippen molar-refractivity contribution >= 4 is 0 Å². The molecule has 0 aromatic heterocycles. The molecule has 0 heterocycles. The van der Waals surface area contributed by atoms with Crippen molar-refractivity contribution in [2.24, 2.45) is 5.92 Å². The molecule has 1 atom stereocenters. The molecule has 3 rings (SSSR count). The Morgan fingerprint density at radius 3 is 2.62 bits per heavy atom. The van der Waals surface area contributed by atoms with E-state index in [4.69, 9.17) is 4.74 Å². The van der Waals surface area contributed by atoms with Crippen LogP contribution in [0.15, 0.2) is 30.3 Å². The Balaban J connectivity index is 1.48. The maximum absolute atomic E-state index is 5.79. The molecule has 116 valence electrons. The molecule has 0 saturated heterocycles. The second-order valence-corrected chi connectivity index (χ2v) is 6.61. The lowest BCUT2D eigenvalue weighted by atomic mass is 10.1. The molecule has 21 heavy (non-hydrogen) atoms. The first-order chi connectivity index (χ1) is 10.3. The van der Waals surface area contributed by atoms with Crippen LogP contribution in [-0.4, -0.2) is 44.3 Å². The lowest BCUT2D eigenvalue weighted by Crippen LogP contribution is -2.36. The fraction of sp³-hybridized carbons (Fsp3) is 0.667. The van der Waals surface area contributed by atoms with Crippen molar-refractivity contribution in [3.8, 4) is 0 Å². The van der Waals surface area contributed by atoms with Gasteiger partial charge in [-0.05, 0) is 44.2 Å². The van der Waals surface area contributed by atoms with Crippen LogP contribution in [0.1, 0.15) is 37.3 Å². The highest BCUT2D eigenvalue weighted by Gasteiger charge is 2.24. The van der Waals surface area contributed by atoms with Crippen LogP contribution in [0.5, 0.6) is 0 Å². The van der Waals surface area contributed by atoms with E-state index in [0.29, 0.717) is 6.04 Å². The summed E-state index contributed by atoms with van der Waals surface area (Å²) in [5.74, 6) is 0.858. The van der Waals surface area contributed by atoms with Gasteiger partial charge in [-0.15, -0.1) is 0 Å². The highest BCUT2D eigenvalue weighted by molar-refractivity contribution is 5.19. The second kappa shape index (κ2) is 7.39. The molecule has 1 aromatic carbocycles. The van der Waals surface area contributed by atoms with E-state index in [1.54, 1.807) is 0 Å². The fourth-order valence-electron chi connectivity index (χ4n) is 2.67. The van der Waals surface area contributed by atoms with Gasteiger partial charge in [0.25, 0.3) is 0 Å². The van der Waals surface area contributed by atoms with E-state index in [2.05, 4.69) is 47.6 Å². The zero-order valence-corrected chi connectivity index (χ0v) is 13.1. The Bertz CT molecular complexity index is 414. The van der Waals surface area contributed by atoms with E-state index in [9.17, 15) is 0 Å². The minimum atomic E-state index is 0.441. The van der Waals surface area contributed by atoms with E-state index in [-0.39, 0.29) is 0 Å². The molecule has 0 radical (unpaired) electrons. The highest BCUT2D eigenvalue weighted by atomic mass is 16.5.